The lowest BCUT2D eigenvalue weighted by Gasteiger charge is -2.29. The van der Waals surface area contributed by atoms with Gasteiger partial charge in [0, 0.05) is 30.9 Å². The van der Waals surface area contributed by atoms with Crippen molar-refractivity contribution in [2.75, 3.05) is 37.8 Å². The Kier molecular flexibility index (Phi) is 4.96. The maximum atomic E-state index is 10.00. The van der Waals surface area contributed by atoms with Gasteiger partial charge in [-0.2, -0.15) is 0 Å². The number of ether oxygens (including phenoxy) is 1. The summed E-state index contributed by atoms with van der Waals surface area (Å²) in [6.45, 7) is 5.55. The van der Waals surface area contributed by atoms with Crippen LogP contribution in [-0.4, -0.2) is 55.4 Å². The Balaban J connectivity index is 2.23. The van der Waals surface area contributed by atoms with E-state index in [1.807, 2.05) is 32.0 Å². The highest BCUT2D eigenvalue weighted by Gasteiger charge is 2.31. The molecule has 0 saturated carbocycles. The summed E-state index contributed by atoms with van der Waals surface area (Å²) >= 11 is 0. The maximum absolute atomic E-state index is 10.00. The molecule has 1 aromatic rings. The smallest absolute Gasteiger partial charge is 0.144 e. The maximum Gasteiger partial charge on any atom is 0.144 e. The van der Waals surface area contributed by atoms with Crippen molar-refractivity contribution in [3.63, 3.8) is 0 Å². The van der Waals surface area contributed by atoms with E-state index in [1.54, 1.807) is 0 Å². The Hall–Kier alpha value is -1.46. The highest BCUT2D eigenvalue weighted by molar-refractivity contribution is 5.63. The van der Waals surface area contributed by atoms with Crippen LogP contribution in [0, 0.1) is 0 Å². The fourth-order valence-corrected chi connectivity index (χ4v) is 2.86. The van der Waals surface area contributed by atoms with Gasteiger partial charge in [0.25, 0.3) is 0 Å². The average molecular weight is 293 g/mol. The minimum atomic E-state index is -0.276. The summed E-state index contributed by atoms with van der Waals surface area (Å²) < 4.78 is 5.76. The molecule has 0 amide bonds. The number of hydrogen-bond donors (Lipinski definition) is 2. The Bertz CT molecular complexity index is 477. The summed E-state index contributed by atoms with van der Waals surface area (Å²) in [5, 5.41) is 10.00. The van der Waals surface area contributed by atoms with Crippen LogP contribution in [-0.2, 0) is 0 Å². The summed E-state index contributed by atoms with van der Waals surface area (Å²) in [7, 11) is 4.11. The second-order valence-electron chi connectivity index (χ2n) is 6.35. The number of likely N-dealkylation sites (N-methyl/N-ethyl adjacent to an activating group) is 1. The molecule has 0 spiro atoms. The number of nitrogen functional groups attached to an aromatic ring is 1. The fraction of sp³-hybridized carbons (Fsp3) is 0.625. The predicted molar refractivity (Wildman–Crippen MR) is 86.9 cm³/mol. The molecule has 0 aromatic heterocycles. The highest BCUT2D eigenvalue weighted by atomic mass is 16.5. The summed E-state index contributed by atoms with van der Waals surface area (Å²) in [5.41, 5.74) is 7.69. The van der Waals surface area contributed by atoms with Crippen molar-refractivity contribution in [3.8, 4) is 5.75 Å². The molecule has 2 atom stereocenters. The van der Waals surface area contributed by atoms with Gasteiger partial charge >= 0.3 is 0 Å². The van der Waals surface area contributed by atoms with Gasteiger partial charge in [-0.3, -0.25) is 0 Å². The normalized spacial score (nSPS) is 22.3. The molecule has 1 aliphatic rings. The summed E-state index contributed by atoms with van der Waals surface area (Å²) in [5.74, 6) is 0.715. The first-order valence-electron chi connectivity index (χ1n) is 7.52. The average Bonchev–Trinajstić information content (AvgIpc) is 2.71. The standard InChI is InChI=1S/C16H27N3O2/c1-11(2)21-16-8-12(5-6-15(16)17)19-10-14(20)7-13(19)9-18(3)4/h5-6,8,11,13-14,20H,7,9-10,17H2,1-4H3. The molecular weight excluding hydrogens is 266 g/mol. The number of anilines is 2. The number of aliphatic hydroxyl groups is 1. The van der Waals surface area contributed by atoms with Crippen LogP contribution in [0.3, 0.4) is 0 Å². The molecule has 5 heteroatoms. The molecular formula is C16H27N3O2. The zero-order valence-corrected chi connectivity index (χ0v) is 13.4. The lowest BCUT2D eigenvalue weighted by Crippen LogP contribution is -2.37. The van der Waals surface area contributed by atoms with Gasteiger partial charge in [-0.15, -0.1) is 0 Å². The third-order valence-electron chi connectivity index (χ3n) is 3.66. The van der Waals surface area contributed by atoms with Gasteiger partial charge in [0.05, 0.1) is 17.9 Å². The molecule has 5 nitrogen and oxygen atoms in total. The van der Waals surface area contributed by atoms with E-state index >= 15 is 0 Å². The minimum absolute atomic E-state index is 0.0873. The number of nitrogens with two attached hydrogens (primary N) is 1. The molecule has 3 N–H and O–H groups in total. The van der Waals surface area contributed by atoms with E-state index in [1.165, 1.54) is 0 Å². The summed E-state index contributed by atoms with van der Waals surface area (Å²) in [4.78, 5) is 4.40. The van der Waals surface area contributed by atoms with Gasteiger partial charge in [0.15, 0.2) is 0 Å². The predicted octanol–water partition coefficient (Wildman–Crippen LogP) is 1.56. The van der Waals surface area contributed by atoms with Crippen molar-refractivity contribution in [1.82, 2.24) is 4.90 Å². The molecule has 0 radical (unpaired) electrons. The van der Waals surface area contributed by atoms with Gasteiger partial charge < -0.3 is 25.4 Å². The van der Waals surface area contributed by atoms with Gasteiger partial charge in [-0.05, 0) is 46.5 Å². The van der Waals surface area contributed by atoms with Crippen molar-refractivity contribution >= 4 is 11.4 Å². The molecule has 1 heterocycles. The molecule has 1 fully saturated rings. The van der Waals surface area contributed by atoms with Crippen LogP contribution in [0.1, 0.15) is 20.3 Å². The number of β-amino-alcohol motifs (C(OH)–C–C–N with tert-alkyl or cyclic N) is 1. The molecule has 1 aromatic carbocycles. The van der Waals surface area contributed by atoms with E-state index in [4.69, 9.17) is 10.5 Å². The van der Waals surface area contributed by atoms with E-state index in [2.05, 4.69) is 23.9 Å². The van der Waals surface area contributed by atoms with Crippen LogP contribution in [0.4, 0.5) is 11.4 Å². The highest BCUT2D eigenvalue weighted by Crippen LogP contribution is 2.32. The molecule has 0 aliphatic carbocycles. The molecule has 0 bridgehead atoms. The van der Waals surface area contributed by atoms with E-state index < -0.39 is 0 Å². The van der Waals surface area contributed by atoms with Crippen molar-refractivity contribution in [2.45, 2.75) is 38.5 Å². The molecule has 2 rings (SSSR count). The topological polar surface area (TPSA) is 62.0 Å². The van der Waals surface area contributed by atoms with E-state index in [-0.39, 0.29) is 12.2 Å². The summed E-state index contributed by atoms with van der Waals surface area (Å²) in [6.07, 6.45) is 0.606. The largest absolute Gasteiger partial charge is 0.489 e. The van der Waals surface area contributed by atoms with Crippen molar-refractivity contribution in [2.24, 2.45) is 0 Å². The summed E-state index contributed by atoms with van der Waals surface area (Å²) in [6, 6.07) is 6.18. The second kappa shape index (κ2) is 6.54. The first-order chi connectivity index (χ1) is 9.86. The Morgan fingerprint density at radius 2 is 2.14 bits per heavy atom. The minimum Gasteiger partial charge on any atom is -0.489 e. The molecule has 1 saturated heterocycles. The second-order valence-corrected chi connectivity index (χ2v) is 6.35. The molecule has 1 aliphatic heterocycles. The van der Waals surface area contributed by atoms with Crippen molar-refractivity contribution in [1.29, 1.82) is 0 Å². The first kappa shape index (κ1) is 15.9. The number of aliphatic hydroxyl groups excluding tert-OH is 1. The van der Waals surface area contributed by atoms with Crippen LogP contribution in [0.15, 0.2) is 18.2 Å². The Morgan fingerprint density at radius 1 is 1.43 bits per heavy atom. The van der Waals surface area contributed by atoms with Crippen LogP contribution in [0.5, 0.6) is 5.75 Å². The molecule has 118 valence electrons. The number of rotatable bonds is 5. The number of benzene rings is 1. The van der Waals surface area contributed by atoms with Crippen molar-refractivity contribution in [3.05, 3.63) is 18.2 Å². The quantitative estimate of drug-likeness (QED) is 0.807. The zero-order valence-electron chi connectivity index (χ0n) is 13.4. The van der Waals surface area contributed by atoms with Crippen LogP contribution in [0.2, 0.25) is 0 Å². The Morgan fingerprint density at radius 3 is 2.76 bits per heavy atom. The third kappa shape index (κ3) is 4.02. The molecule has 21 heavy (non-hydrogen) atoms. The fourth-order valence-electron chi connectivity index (χ4n) is 2.86. The number of hydrogen-bond acceptors (Lipinski definition) is 5. The molecule has 2 unspecified atom stereocenters. The number of nitrogens with zero attached hydrogens (tertiary/aromatic N) is 2. The van der Waals surface area contributed by atoms with Crippen molar-refractivity contribution < 1.29 is 9.84 Å². The van der Waals surface area contributed by atoms with Gasteiger partial charge in [-0.1, -0.05) is 0 Å². The van der Waals surface area contributed by atoms with Gasteiger partial charge in [-0.25, -0.2) is 0 Å². The van der Waals surface area contributed by atoms with Crippen LogP contribution in [0.25, 0.3) is 0 Å². The van der Waals surface area contributed by atoms with Crippen LogP contribution >= 0.6 is 0 Å². The van der Waals surface area contributed by atoms with E-state index in [0.717, 1.165) is 18.7 Å². The Labute approximate surface area is 127 Å². The lowest BCUT2D eigenvalue weighted by atomic mass is 10.1. The lowest BCUT2D eigenvalue weighted by molar-refractivity contribution is 0.191. The SMILES string of the molecule is CC(C)Oc1cc(N2CC(O)CC2CN(C)C)ccc1N. The third-order valence-corrected chi connectivity index (χ3v) is 3.66. The van der Waals surface area contributed by atoms with Gasteiger partial charge in [0.2, 0.25) is 0 Å². The van der Waals surface area contributed by atoms with Gasteiger partial charge in [0.1, 0.15) is 5.75 Å². The van der Waals surface area contributed by atoms with Crippen LogP contribution < -0.4 is 15.4 Å². The zero-order chi connectivity index (χ0) is 15.6. The monoisotopic (exact) mass is 293 g/mol. The first-order valence-corrected chi connectivity index (χ1v) is 7.52. The van der Waals surface area contributed by atoms with E-state index in [9.17, 15) is 5.11 Å². The van der Waals surface area contributed by atoms with E-state index in [0.29, 0.717) is 24.0 Å².